The zero-order valence-corrected chi connectivity index (χ0v) is 24.5. The molecular weight excluding hydrogens is 545 g/mol. The van der Waals surface area contributed by atoms with Gasteiger partial charge in [0.15, 0.2) is 0 Å². The van der Waals surface area contributed by atoms with Crippen LogP contribution in [0.25, 0.3) is 75.8 Å². The quantitative estimate of drug-likeness (QED) is 0.193. The van der Waals surface area contributed by atoms with Gasteiger partial charge in [-0.15, -0.1) is 22.7 Å². The molecule has 8 rings (SSSR count). The Morgan fingerprint density at radius 2 is 0.595 bits per heavy atom. The summed E-state index contributed by atoms with van der Waals surface area (Å²) in [6.07, 6.45) is 0. The maximum Gasteiger partial charge on any atom is 0.0527 e. The van der Waals surface area contributed by atoms with Crippen molar-refractivity contribution in [1.82, 2.24) is 0 Å². The molecule has 6 aromatic carbocycles. The summed E-state index contributed by atoms with van der Waals surface area (Å²) in [7, 11) is 0. The van der Waals surface area contributed by atoms with E-state index in [1.165, 1.54) is 75.8 Å². The third kappa shape index (κ3) is 4.37. The van der Waals surface area contributed by atoms with Crippen molar-refractivity contribution < 1.29 is 0 Å². The van der Waals surface area contributed by atoms with Gasteiger partial charge < -0.3 is 0 Å². The molecule has 0 fully saturated rings. The van der Waals surface area contributed by atoms with E-state index in [9.17, 15) is 0 Å². The monoisotopic (exact) mass is 570 g/mol. The first kappa shape index (κ1) is 25.0. The van der Waals surface area contributed by atoms with Crippen LogP contribution < -0.4 is 0 Å². The highest BCUT2D eigenvalue weighted by atomic mass is 32.1. The number of fused-ring (bicyclic) bond motifs is 2. The Morgan fingerprint density at radius 3 is 0.905 bits per heavy atom. The lowest BCUT2D eigenvalue weighted by Crippen LogP contribution is -1.87. The number of hydrogen-bond acceptors (Lipinski definition) is 2. The van der Waals surface area contributed by atoms with Crippen molar-refractivity contribution in [3.05, 3.63) is 156 Å². The van der Waals surface area contributed by atoms with Crippen molar-refractivity contribution in [3.8, 4) is 54.3 Å². The van der Waals surface area contributed by atoms with Crippen molar-refractivity contribution in [3.63, 3.8) is 0 Å². The van der Waals surface area contributed by atoms with E-state index in [1.807, 2.05) is 22.7 Å². The van der Waals surface area contributed by atoms with Gasteiger partial charge in [0.1, 0.15) is 0 Å². The Kier molecular flexibility index (Phi) is 6.29. The molecule has 2 heteroatoms. The molecule has 198 valence electrons. The fraction of sp³-hybridized carbons (Fsp3) is 0. The molecule has 0 bridgehead atoms. The van der Waals surface area contributed by atoms with E-state index >= 15 is 0 Å². The average molecular weight is 571 g/mol. The number of thiophene rings is 2. The summed E-state index contributed by atoms with van der Waals surface area (Å²) in [5.74, 6) is 0. The second kappa shape index (κ2) is 10.6. The van der Waals surface area contributed by atoms with Crippen molar-refractivity contribution >= 4 is 44.2 Å². The highest BCUT2D eigenvalue weighted by Gasteiger charge is 2.18. The smallest absolute Gasteiger partial charge is 0.0527 e. The molecule has 2 heterocycles. The highest BCUT2D eigenvalue weighted by molar-refractivity contribution is 7.22. The Bertz CT molecular complexity index is 2000. The van der Waals surface area contributed by atoms with Gasteiger partial charge in [0.25, 0.3) is 0 Å². The molecule has 0 spiro atoms. The van der Waals surface area contributed by atoms with Gasteiger partial charge in [0, 0.05) is 10.8 Å². The van der Waals surface area contributed by atoms with Crippen LogP contribution >= 0.6 is 22.7 Å². The Balaban J connectivity index is 1.36. The van der Waals surface area contributed by atoms with Crippen LogP contribution in [0.15, 0.2) is 156 Å². The van der Waals surface area contributed by atoms with Gasteiger partial charge >= 0.3 is 0 Å². The van der Waals surface area contributed by atoms with Crippen molar-refractivity contribution in [2.45, 2.75) is 0 Å². The van der Waals surface area contributed by atoms with Crippen molar-refractivity contribution in [2.24, 2.45) is 0 Å². The summed E-state index contributed by atoms with van der Waals surface area (Å²) in [5.41, 5.74) is 10.1. The molecule has 0 N–H and O–H groups in total. The van der Waals surface area contributed by atoms with E-state index in [0.717, 1.165) is 0 Å². The summed E-state index contributed by atoms with van der Waals surface area (Å²) < 4.78 is 0. The van der Waals surface area contributed by atoms with Crippen LogP contribution in [0, 0.1) is 0 Å². The van der Waals surface area contributed by atoms with Crippen LogP contribution in [0.1, 0.15) is 0 Å². The normalized spacial score (nSPS) is 11.3. The first-order valence-corrected chi connectivity index (χ1v) is 15.9. The highest BCUT2D eigenvalue weighted by Crippen LogP contribution is 2.47. The zero-order chi connectivity index (χ0) is 27.9. The second-order valence-electron chi connectivity index (χ2n) is 10.6. The summed E-state index contributed by atoms with van der Waals surface area (Å²) >= 11 is 3.71. The van der Waals surface area contributed by atoms with Crippen LogP contribution in [0.2, 0.25) is 0 Å². The van der Waals surface area contributed by atoms with E-state index in [-0.39, 0.29) is 0 Å². The SMILES string of the molecule is c1ccc(-c2cc3csc(-c4scc5cc(-c6ccccc6)c(-c6ccccc6)cc45)c3cc2-c2ccccc2)cc1. The van der Waals surface area contributed by atoms with E-state index in [1.54, 1.807) is 0 Å². The second-order valence-corrected chi connectivity index (χ2v) is 12.3. The Labute approximate surface area is 253 Å². The number of hydrogen-bond donors (Lipinski definition) is 0. The van der Waals surface area contributed by atoms with Crippen molar-refractivity contribution in [2.75, 3.05) is 0 Å². The summed E-state index contributed by atoms with van der Waals surface area (Å²) in [5, 5.41) is 9.87. The maximum absolute atomic E-state index is 2.42. The van der Waals surface area contributed by atoms with E-state index < -0.39 is 0 Å². The van der Waals surface area contributed by atoms with Crippen LogP contribution in [-0.2, 0) is 0 Å². The van der Waals surface area contributed by atoms with Gasteiger partial charge in [-0.2, -0.15) is 0 Å². The molecule has 2 aromatic heterocycles. The molecule has 0 amide bonds. The molecule has 0 radical (unpaired) electrons. The van der Waals surface area contributed by atoms with E-state index in [2.05, 4.69) is 156 Å². The molecular formula is C40H26S2. The number of rotatable bonds is 5. The maximum atomic E-state index is 2.42. The summed E-state index contributed by atoms with van der Waals surface area (Å²) in [4.78, 5) is 2.68. The molecule has 0 saturated heterocycles. The molecule has 0 aliphatic rings. The van der Waals surface area contributed by atoms with Gasteiger partial charge in [-0.3, -0.25) is 0 Å². The fourth-order valence-electron chi connectivity index (χ4n) is 5.97. The average Bonchev–Trinajstić information content (AvgIpc) is 3.68. The van der Waals surface area contributed by atoms with Crippen molar-refractivity contribution in [1.29, 1.82) is 0 Å². The topological polar surface area (TPSA) is 0 Å². The molecule has 0 nitrogen and oxygen atoms in total. The standard InChI is InChI=1S/C40H26S2/c1-5-13-27(14-6-1)33-21-31-25-41-39(37(31)23-35(33)29-17-9-3-10-18-29)40-38-24-36(30-19-11-4-12-20-30)34(22-32(38)26-42-40)28-15-7-2-8-16-28/h1-26H. The largest absolute Gasteiger partial charge is 0.142 e. The molecule has 0 saturated carbocycles. The predicted molar refractivity (Wildman–Crippen MR) is 184 cm³/mol. The molecule has 0 atom stereocenters. The lowest BCUT2D eigenvalue weighted by Gasteiger charge is -2.13. The van der Waals surface area contributed by atoms with Crippen LogP contribution in [0.4, 0.5) is 0 Å². The molecule has 8 aromatic rings. The summed E-state index contributed by atoms with van der Waals surface area (Å²) in [6, 6.07) is 52.7. The minimum Gasteiger partial charge on any atom is -0.142 e. The molecule has 0 unspecified atom stereocenters. The molecule has 42 heavy (non-hydrogen) atoms. The predicted octanol–water partition coefficient (Wildman–Crippen LogP) is 12.5. The van der Waals surface area contributed by atoms with Gasteiger partial charge in [-0.1, -0.05) is 121 Å². The summed E-state index contributed by atoms with van der Waals surface area (Å²) in [6.45, 7) is 0. The first-order valence-electron chi connectivity index (χ1n) is 14.2. The van der Waals surface area contributed by atoms with Gasteiger partial charge in [0.2, 0.25) is 0 Å². The van der Waals surface area contributed by atoms with Crippen LogP contribution in [0.3, 0.4) is 0 Å². The number of benzene rings is 6. The van der Waals surface area contributed by atoms with Crippen LogP contribution in [0.5, 0.6) is 0 Å². The lowest BCUT2D eigenvalue weighted by atomic mass is 9.91. The minimum atomic E-state index is 1.24. The van der Waals surface area contributed by atoms with Gasteiger partial charge in [-0.05, 0) is 90.3 Å². The zero-order valence-electron chi connectivity index (χ0n) is 22.8. The Hall–Kier alpha value is -4.76. The minimum absolute atomic E-state index is 1.24. The van der Waals surface area contributed by atoms with Crippen LogP contribution in [-0.4, -0.2) is 0 Å². The first-order chi connectivity index (χ1) is 20.8. The Morgan fingerprint density at radius 1 is 0.310 bits per heavy atom. The molecule has 0 aliphatic carbocycles. The lowest BCUT2D eigenvalue weighted by molar-refractivity contribution is 1.61. The third-order valence-corrected chi connectivity index (χ3v) is 10.2. The van der Waals surface area contributed by atoms with Gasteiger partial charge in [0.05, 0.1) is 9.75 Å². The van der Waals surface area contributed by atoms with E-state index in [0.29, 0.717) is 0 Å². The molecule has 0 aliphatic heterocycles. The third-order valence-electron chi connectivity index (χ3n) is 8.02. The fourth-order valence-corrected chi connectivity index (χ4v) is 8.18. The van der Waals surface area contributed by atoms with E-state index in [4.69, 9.17) is 0 Å². The van der Waals surface area contributed by atoms with Gasteiger partial charge in [-0.25, -0.2) is 0 Å².